The van der Waals surface area contributed by atoms with Gasteiger partial charge in [-0.2, -0.15) is 0 Å². The predicted molar refractivity (Wildman–Crippen MR) is 134 cm³/mol. The number of amides is 1. The third-order valence-electron chi connectivity index (χ3n) is 6.31. The third-order valence-corrected chi connectivity index (χ3v) is 6.86. The minimum Gasteiger partial charge on any atom is -0.361 e. The van der Waals surface area contributed by atoms with Crippen LogP contribution in [0.2, 0.25) is 0 Å². The van der Waals surface area contributed by atoms with Crippen LogP contribution in [0.4, 0.5) is 14.5 Å². The van der Waals surface area contributed by atoms with Crippen LogP contribution >= 0.6 is 11.8 Å². The van der Waals surface area contributed by atoms with Gasteiger partial charge in [-0.05, 0) is 56.5 Å². The van der Waals surface area contributed by atoms with E-state index < -0.39 is 17.7 Å². The molecule has 3 aromatic heterocycles. The zero-order valence-electron chi connectivity index (χ0n) is 19.5. The quantitative estimate of drug-likeness (QED) is 0.261. The van der Waals surface area contributed by atoms with Gasteiger partial charge in [0.2, 0.25) is 5.91 Å². The normalized spacial score (nSPS) is 16.1. The Hall–Kier alpha value is -3.86. The van der Waals surface area contributed by atoms with E-state index in [9.17, 15) is 13.6 Å². The summed E-state index contributed by atoms with van der Waals surface area (Å²) in [4.78, 5) is 19.3. The number of halogens is 2. The monoisotopic (exact) mass is 508 g/mol. The predicted octanol–water partition coefficient (Wildman–Crippen LogP) is 5.81. The Kier molecular flexibility index (Phi) is 6.17. The molecule has 0 saturated carbocycles. The van der Waals surface area contributed by atoms with E-state index in [4.69, 9.17) is 20.3 Å². The van der Waals surface area contributed by atoms with Gasteiger partial charge in [-0.1, -0.05) is 16.9 Å². The summed E-state index contributed by atoms with van der Waals surface area (Å²) in [5.74, 6) is -1.61. The Morgan fingerprint density at radius 2 is 2.03 bits per heavy atom. The molecule has 1 amide bonds. The number of hydrogen-bond donors (Lipinski definition) is 2. The number of aryl methyl sites for hydroxylation is 2. The number of carbonyl (C=O) groups excluding carboxylic acids is 1. The standard InChI is InChI=1S/C25H22F2N6O2S/c1-13-22(14(2)35-31-13)15-8-9-32-20(10-15)30-23(24(32)25(29)36-12-28)19-4-3-5-21(34)33(19)16-6-7-17(26)18(27)11-16/h6-12,19,28-29H,3-5H2,1-2H3. The van der Waals surface area contributed by atoms with Crippen molar-refractivity contribution in [3.05, 3.63) is 71.0 Å². The van der Waals surface area contributed by atoms with Gasteiger partial charge >= 0.3 is 0 Å². The molecule has 1 aliphatic heterocycles. The summed E-state index contributed by atoms with van der Waals surface area (Å²) in [5, 5.41) is 20.2. The van der Waals surface area contributed by atoms with Crippen LogP contribution in [0.1, 0.15) is 48.1 Å². The summed E-state index contributed by atoms with van der Waals surface area (Å²) in [5.41, 5.74) is 5.15. The molecule has 1 atom stereocenters. The number of fused-ring (bicyclic) bond motifs is 1. The van der Waals surface area contributed by atoms with Gasteiger partial charge in [0.15, 0.2) is 11.6 Å². The average Bonchev–Trinajstić information content (AvgIpc) is 3.39. The van der Waals surface area contributed by atoms with Crippen molar-refractivity contribution >= 4 is 39.6 Å². The van der Waals surface area contributed by atoms with E-state index in [1.165, 1.54) is 11.0 Å². The lowest BCUT2D eigenvalue weighted by Crippen LogP contribution is -2.39. The van der Waals surface area contributed by atoms with Gasteiger partial charge in [0, 0.05) is 29.9 Å². The van der Waals surface area contributed by atoms with Crippen molar-refractivity contribution in [1.82, 2.24) is 14.5 Å². The molecule has 1 saturated heterocycles. The van der Waals surface area contributed by atoms with Gasteiger partial charge in [-0.15, -0.1) is 0 Å². The molecule has 5 rings (SSSR count). The van der Waals surface area contributed by atoms with Crippen LogP contribution < -0.4 is 4.90 Å². The van der Waals surface area contributed by atoms with Crippen LogP contribution in [0.3, 0.4) is 0 Å². The smallest absolute Gasteiger partial charge is 0.227 e. The number of nitrogens with one attached hydrogen (secondary N) is 2. The molecule has 0 bridgehead atoms. The number of hydrogen-bond acceptors (Lipinski definition) is 7. The van der Waals surface area contributed by atoms with Crippen molar-refractivity contribution in [2.24, 2.45) is 0 Å². The van der Waals surface area contributed by atoms with Crippen LogP contribution in [-0.4, -0.2) is 31.0 Å². The lowest BCUT2D eigenvalue weighted by Gasteiger charge is -2.35. The molecule has 0 aliphatic carbocycles. The highest BCUT2D eigenvalue weighted by molar-refractivity contribution is 8.25. The number of carbonyl (C=O) groups is 1. The van der Waals surface area contributed by atoms with E-state index in [1.807, 2.05) is 26.0 Å². The van der Waals surface area contributed by atoms with Gasteiger partial charge in [-0.3, -0.25) is 14.6 Å². The third kappa shape index (κ3) is 3.98. The summed E-state index contributed by atoms with van der Waals surface area (Å²) in [6.45, 7) is 3.67. The van der Waals surface area contributed by atoms with Crippen molar-refractivity contribution in [3.8, 4) is 11.1 Å². The lowest BCUT2D eigenvalue weighted by atomic mass is 9.96. The summed E-state index contributed by atoms with van der Waals surface area (Å²) in [6.07, 6.45) is 3.17. The summed E-state index contributed by atoms with van der Waals surface area (Å²) in [7, 11) is 0. The molecular formula is C25H22F2N6O2S. The SMILES string of the molecule is Cc1noc(C)c1-c1ccn2c(C(=N)SC=N)c(C3CCCC(=O)N3c3ccc(F)c(F)c3)nc2c1. The molecule has 184 valence electrons. The molecular weight excluding hydrogens is 486 g/mol. The Balaban J connectivity index is 1.70. The van der Waals surface area contributed by atoms with Crippen LogP contribution in [0.25, 0.3) is 16.8 Å². The maximum atomic E-state index is 14.1. The van der Waals surface area contributed by atoms with E-state index in [2.05, 4.69) is 5.16 Å². The first-order valence-corrected chi connectivity index (χ1v) is 12.1. The number of pyridine rings is 1. The molecule has 11 heteroatoms. The largest absolute Gasteiger partial charge is 0.361 e. The maximum absolute atomic E-state index is 14.1. The highest BCUT2D eigenvalue weighted by atomic mass is 32.2. The lowest BCUT2D eigenvalue weighted by molar-refractivity contribution is -0.120. The highest BCUT2D eigenvalue weighted by Crippen LogP contribution is 2.39. The maximum Gasteiger partial charge on any atom is 0.227 e. The average molecular weight is 509 g/mol. The molecule has 1 aromatic carbocycles. The van der Waals surface area contributed by atoms with E-state index >= 15 is 0 Å². The molecule has 4 heterocycles. The Morgan fingerprint density at radius 3 is 2.72 bits per heavy atom. The van der Waals surface area contributed by atoms with Crippen LogP contribution in [0.5, 0.6) is 0 Å². The summed E-state index contributed by atoms with van der Waals surface area (Å²) >= 11 is 0.917. The van der Waals surface area contributed by atoms with E-state index in [0.29, 0.717) is 35.6 Å². The van der Waals surface area contributed by atoms with Crippen LogP contribution in [0, 0.1) is 36.3 Å². The second-order valence-corrected chi connectivity index (χ2v) is 9.40. The Bertz CT molecular complexity index is 1510. The molecule has 4 aromatic rings. The van der Waals surface area contributed by atoms with Crippen molar-refractivity contribution in [1.29, 1.82) is 10.8 Å². The Morgan fingerprint density at radius 1 is 1.22 bits per heavy atom. The number of piperidine rings is 1. The van der Waals surface area contributed by atoms with Crippen LogP contribution in [-0.2, 0) is 4.79 Å². The van der Waals surface area contributed by atoms with Gasteiger partial charge < -0.3 is 14.8 Å². The fourth-order valence-corrected chi connectivity index (χ4v) is 5.21. The van der Waals surface area contributed by atoms with Crippen molar-refractivity contribution in [2.75, 3.05) is 4.90 Å². The number of anilines is 1. The van der Waals surface area contributed by atoms with Gasteiger partial charge in [-0.25, -0.2) is 13.8 Å². The first-order valence-electron chi connectivity index (χ1n) is 11.3. The van der Waals surface area contributed by atoms with Crippen LogP contribution in [0.15, 0.2) is 41.1 Å². The molecule has 1 fully saturated rings. The van der Waals surface area contributed by atoms with Gasteiger partial charge in [0.25, 0.3) is 0 Å². The number of nitrogens with zero attached hydrogens (tertiary/aromatic N) is 4. The fourth-order valence-electron chi connectivity index (χ4n) is 4.77. The molecule has 36 heavy (non-hydrogen) atoms. The Labute approximate surface area is 209 Å². The topological polar surface area (TPSA) is 111 Å². The summed E-state index contributed by atoms with van der Waals surface area (Å²) in [6, 6.07) is 6.51. The zero-order chi connectivity index (χ0) is 25.6. The molecule has 2 N–H and O–H groups in total. The van der Waals surface area contributed by atoms with Crippen molar-refractivity contribution < 1.29 is 18.1 Å². The first-order chi connectivity index (χ1) is 17.3. The minimum atomic E-state index is -1.05. The molecule has 0 spiro atoms. The molecule has 0 radical (unpaired) electrons. The molecule has 1 unspecified atom stereocenters. The molecule has 1 aliphatic rings. The fraction of sp³-hybridized carbons (Fsp3) is 0.240. The first kappa shape index (κ1) is 23.9. The number of thioether (sulfide) groups is 1. The number of benzene rings is 1. The number of rotatable bonds is 5. The van der Waals surface area contributed by atoms with Crippen molar-refractivity contribution in [3.63, 3.8) is 0 Å². The van der Waals surface area contributed by atoms with Gasteiger partial charge in [0.05, 0.1) is 23.0 Å². The number of imidazole rings is 1. The zero-order valence-corrected chi connectivity index (χ0v) is 20.3. The van der Waals surface area contributed by atoms with Crippen molar-refractivity contribution in [2.45, 2.75) is 39.2 Å². The minimum absolute atomic E-state index is 0.0841. The second kappa shape index (κ2) is 9.30. The van der Waals surface area contributed by atoms with E-state index in [0.717, 1.165) is 46.3 Å². The second-order valence-electron chi connectivity index (χ2n) is 8.52. The molecule has 8 nitrogen and oxygen atoms in total. The van der Waals surface area contributed by atoms with E-state index in [-0.39, 0.29) is 23.1 Å². The highest BCUT2D eigenvalue weighted by Gasteiger charge is 2.35. The van der Waals surface area contributed by atoms with Gasteiger partial charge in [0.1, 0.15) is 22.1 Å². The number of aromatic nitrogens is 3. The van der Waals surface area contributed by atoms with E-state index in [1.54, 1.807) is 10.6 Å². The summed E-state index contributed by atoms with van der Waals surface area (Å²) < 4.78 is 34.8.